The van der Waals surface area contributed by atoms with E-state index in [0.717, 1.165) is 11.4 Å². The summed E-state index contributed by atoms with van der Waals surface area (Å²) in [6.07, 6.45) is 0. The van der Waals surface area contributed by atoms with E-state index in [4.69, 9.17) is 21.7 Å². The molecule has 138 valence electrons. The zero-order valence-corrected chi connectivity index (χ0v) is 16.1. The fourth-order valence-corrected chi connectivity index (χ4v) is 2.41. The average Bonchev–Trinajstić information content (AvgIpc) is 2.61. The summed E-state index contributed by atoms with van der Waals surface area (Å²) in [4.78, 5) is 12.4. The molecular formula is C20H24N2O3S. The Labute approximate surface area is 159 Å². The van der Waals surface area contributed by atoms with Crippen LogP contribution in [0.15, 0.2) is 48.5 Å². The summed E-state index contributed by atoms with van der Waals surface area (Å²) in [6.45, 7) is 7.17. The van der Waals surface area contributed by atoms with Crippen LogP contribution >= 0.6 is 12.2 Å². The van der Waals surface area contributed by atoms with Crippen molar-refractivity contribution in [2.24, 2.45) is 5.92 Å². The van der Waals surface area contributed by atoms with Crippen LogP contribution in [0.3, 0.4) is 0 Å². The van der Waals surface area contributed by atoms with Crippen LogP contribution in [-0.4, -0.2) is 24.2 Å². The molecule has 0 fully saturated rings. The molecule has 0 aliphatic carbocycles. The van der Waals surface area contributed by atoms with Crippen LogP contribution in [0.5, 0.6) is 11.5 Å². The molecule has 2 aromatic carbocycles. The smallest absolute Gasteiger partial charge is 0.261 e. The van der Waals surface area contributed by atoms with Gasteiger partial charge in [0.25, 0.3) is 5.91 Å². The summed E-state index contributed by atoms with van der Waals surface area (Å²) in [5, 5.41) is 5.89. The minimum Gasteiger partial charge on any atom is -0.493 e. The molecule has 6 heteroatoms. The second-order valence-electron chi connectivity index (χ2n) is 6.07. The van der Waals surface area contributed by atoms with Crippen LogP contribution in [-0.2, 0) is 0 Å². The van der Waals surface area contributed by atoms with Gasteiger partial charge >= 0.3 is 0 Å². The van der Waals surface area contributed by atoms with Crippen molar-refractivity contribution in [1.82, 2.24) is 5.32 Å². The molecule has 0 saturated heterocycles. The first-order valence-corrected chi connectivity index (χ1v) is 8.97. The topological polar surface area (TPSA) is 59.6 Å². The number of carbonyl (C=O) groups is 1. The molecule has 0 bridgehead atoms. The molecular weight excluding hydrogens is 348 g/mol. The van der Waals surface area contributed by atoms with Crippen molar-refractivity contribution in [1.29, 1.82) is 0 Å². The summed E-state index contributed by atoms with van der Waals surface area (Å²) in [5.74, 6) is 1.40. The molecule has 2 aromatic rings. The quantitative estimate of drug-likeness (QED) is 0.712. The Hall–Kier alpha value is -2.60. The molecule has 0 aromatic heterocycles. The first-order chi connectivity index (χ1) is 12.5. The molecule has 0 atom stereocenters. The van der Waals surface area contributed by atoms with E-state index in [1.54, 1.807) is 18.2 Å². The molecule has 0 aliphatic heterocycles. The third kappa shape index (κ3) is 6.04. The van der Waals surface area contributed by atoms with Crippen molar-refractivity contribution >= 4 is 28.9 Å². The van der Waals surface area contributed by atoms with Crippen molar-refractivity contribution in [2.75, 3.05) is 18.5 Å². The number of hydrogen-bond acceptors (Lipinski definition) is 4. The van der Waals surface area contributed by atoms with Crippen molar-refractivity contribution in [3.63, 3.8) is 0 Å². The zero-order chi connectivity index (χ0) is 18.9. The summed E-state index contributed by atoms with van der Waals surface area (Å²) in [7, 11) is 0. The van der Waals surface area contributed by atoms with E-state index in [9.17, 15) is 4.79 Å². The Balaban J connectivity index is 1.98. The predicted octanol–water partition coefficient (Wildman–Crippen LogP) is 4.25. The summed E-state index contributed by atoms with van der Waals surface area (Å²) in [6, 6.07) is 14.5. The molecule has 2 N–H and O–H groups in total. The van der Waals surface area contributed by atoms with Crippen molar-refractivity contribution in [3.05, 3.63) is 54.1 Å². The molecule has 2 rings (SSSR count). The lowest BCUT2D eigenvalue weighted by Gasteiger charge is -2.13. The fraction of sp³-hybridized carbons (Fsp3) is 0.300. The number of rotatable bonds is 7. The van der Waals surface area contributed by atoms with Crippen LogP contribution < -0.4 is 20.1 Å². The maximum absolute atomic E-state index is 12.4. The highest BCUT2D eigenvalue weighted by Gasteiger charge is 2.13. The van der Waals surface area contributed by atoms with E-state index >= 15 is 0 Å². The van der Waals surface area contributed by atoms with Gasteiger partial charge in [-0.15, -0.1) is 0 Å². The number of nitrogens with one attached hydrogen (secondary N) is 2. The molecule has 0 radical (unpaired) electrons. The molecule has 0 aliphatic rings. The molecule has 5 nitrogen and oxygen atoms in total. The highest BCUT2D eigenvalue weighted by atomic mass is 32.1. The number of amides is 1. The highest BCUT2D eigenvalue weighted by molar-refractivity contribution is 7.80. The lowest BCUT2D eigenvalue weighted by molar-refractivity contribution is 0.0974. The molecule has 0 heterocycles. The van der Waals surface area contributed by atoms with Crippen molar-refractivity contribution in [3.8, 4) is 11.5 Å². The monoisotopic (exact) mass is 372 g/mol. The lowest BCUT2D eigenvalue weighted by Crippen LogP contribution is -2.34. The molecule has 1 amide bonds. The number of thiocarbonyl (C=S) groups is 1. The molecule has 0 saturated carbocycles. The van der Waals surface area contributed by atoms with Crippen LogP contribution in [0.2, 0.25) is 0 Å². The third-order valence-corrected chi connectivity index (χ3v) is 3.54. The largest absolute Gasteiger partial charge is 0.493 e. The average molecular weight is 372 g/mol. The second kappa shape index (κ2) is 9.77. The minimum atomic E-state index is -0.321. The van der Waals surface area contributed by atoms with Gasteiger partial charge in [0.2, 0.25) is 0 Å². The predicted molar refractivity (Wildman–Crippen MR) is 108 cm³/mol. The van der Waals surface area contributed by atoms with Gasteiger partial charge in [0.05, 0.1) is 18.8 Å². The summed E-state index contributed by atoms with van der Waals surface area (Å²) < 4.78 is 11.2. The Morgan fingerprint density at radius 3 is 2.62 bits per heavy atom. The van der Waals surface area contributed by atoms with Crippen LogP contribution in [0, 0.1) is 5.92 Å². The summed E-state index contributed by atoms with van der Waals surface area (Å²) in [5.41, 5.74) is 1.18. The number of carbonyl (C=O) groups excluding carboxylic acids is 1. The van der Waals surface area contributed by atoms with Crippen molar-refractivity contribution in [2.45, 2.75) is 20.8 Å². The second-order valence-corrected chi connectivity index (χ2v) is 6.48. The van der Waals surface area contributed by atoms with Gasteiger partial charge in [0.1, 0.15) is 11.5 Å². The van der Waals surface area contributed by atoms with E-state index in [1.807, 2.05) is 37.3 Å². The Morgan fingerprint density at radius 1 is 1.12 bits per heavy atom. The highest BCUT2D eigenvalue weighted by Crippen LogP contribution is 2.19. The Kier molecular flexibility index (Phi) is 7.41. The van der Waals surface area contributed by atoms with E-state index < -0.39 is 0 Å². The number of anilines is 1. The number of para-hydroxylation sites is 1. The van der Waals surface area contributed by atoms with Crippen LogP contribution in [0.25, 0.3) is 0 Å². The van der Waals surface area contributed by atoms with Gasteiger partial charge in [-0.25, -0.2) is 0 Å². The van der Waals surface area contributed by atoms with Crippen LogP contribution in [0.1, 0.15) is 31.1 Å². The Bertz CT molecular complexity index is 762. The lowest BCUT2D eigenvalue weighted by atomic mass is 10.2. The van der Waals surface area contributed by atoms with E-state index in [1.165, 1.54) is 0 Å². The van der Waals surface area contributed by atoms with Gasteiger partial charge in [0, 0.05) is 11.8 Å². The standard InChI is InChI=1S/C20H24N2O3S/c1-4-24-18-11-6-5-10-17(18)19(23)22-20(26)21-15-8-7-9-16(12-15)25-13-14(2)3/h5-12,14H,4,13H2,1-3H3,(H2,21,22,23,26). The molecule has 26 heavy (non-hydrogen) atoms. The fourth-order valence-electron chi connectivity index (χ4n) is 2.19. The number of hydrogen-bond donors (Lipinski definition) is 2. The normalized spacial score (nSPS) is 10.3. The maximum atomic E-state index is 12.4. The van der Waals surface area contributed by atoms with Crippen LogP contribution in [0.4, 0.5) is 5.69 Å². The summed E-state index contributed by atoms with van der Waals surface area (Å²) >= 11 is 5.24. The van der Waals surface area contributed by atoms with Gasteiger partial charge in [-0.2, -0.15) is 0 Å². The van der Waals surface area contributed by atoms with E-state index in [0.29, 0.717) is 30.4 Å². The Morgan fingerprint density at radius 2 is 1.88 bits per heavy atom. The van der Waals surface area contributed by atoms with Crippen molar-refractivity contribution < 1.29 is 14.3 Å². The molecule has 0 unspecified atom stereocenters. The number of benzene rings is 2. The van der Waals surface area contributed by atoms with Gasteiger partial charge in [-0.1, -0.05) is 32.0 Å². The first kappa shape index (κ1) is 19.7. The minimum absolute atomic E-state index is 0.210. The van der Waals surface area contributed by atoms with Gasteiger partial charge < -0.3 is 14.8 Å². The SMILES string of the molecule is CCOc1ccccc1C(=O)NC(=S)Nc1cccc(OCC(C)C)c1. The van der Waals surface area contributed by atoms with Gasteiger partial charge in [-0.05, 0) is 49.3 Å². The maximum Gasteiger partial charge on any atom is 0.261 e. The van der Waals surface area contributed by atoms with Gasteiger partial charge in [-0.3, -0.25) is 10.1 Å². The molecule has 0 spiro atoms. The van der Waals surface area contributed by atoms with Gasteiger partial charge in [0.15, 0.2) is 5.11 Å². The number of ether oxygens (including phenoxy) is 2. The van der Waals surface area contributed by atoms with E-state index in [-0.39, 0.29) is 11.0 Å². The van der Waals surface area contributed by atoms with E-state index in [2.05, 4.69) is 24.5 Å². The zero-order valence-electron chi connectivity index (χ0n) is 15.2. The first-order valence-electron chi connectivity index (χ1n) is 8.56. The third-order valence-electron chi connectivity index (χ3n) is 3.33.